The Labute approximate surface area is 102 Å². The highest BCUT2D eigenvalue weighted by Crippen LogP contribution is 2.34. The van der Waals surface area contributed by atoms with Gasteiger partial charge in [-0.25, -0.2) is 0 Å². The normalized spacial score (nSPS) is 16.3. The van der Waals surface area contributed by atoms with Gasteiger partial charge in [0.2, 0.25) is 0 Å². The number of rotatable bonds is 0. The summed E-state index contributed by atoms with van der Waals surface area (Å²) < 4.78 is 2.61. The zero-order chi connectivity index (χ0) is 10.3. The van der Waals surface area contributed by atoms with E-state index in [-0.39, 0.29) is 0 Å². The summed E-state index contributed by atoms with van der Waals surface area (Å²) in [6.07, 6.45) is 2.36. The lowest BCUT2D eigenvalue weighted by Gasteiger charge is -1.98. The maximum absolute atomic E-state index is 3.54. The van der Waals surface area contributed by atoms with Crippen molar-refractivity contribution in [2.75, 3.05) is 13.1 Å². The van der Waals surface area contributed by atoms with E-state index in [1.165, 1.54) is 27.4 Å². The monoisotopic (exact) mass is 281 g/mol. The summed E-state index contributed by atoms with van der Waals surface area (Å²) in [7, 11) is 0. The first-order valence-electron chi connectivity index (χ1n) is 5.25. The van der Waals surface area contributed by atoms with Crippen LogP contribution in [-0.4, -0.2) is 13.1 Å². The van der Waals surface area contributed by atoms with Crippen molar-refractivity contribution in [2.24, 2.45) is 0 Å². The van der Waals surface area contributed by atoms with E-state index < -0.39 is 0 Å². The molecule has 78 valence electrons. The zero-order valence-electron chi connectivity index (χ0n) is 8.35. The van der Waals surface area contributed by atoms with Gasteiger partial charge in [0, 0.05) is 14.0 Å². The Morgan fingerprint density at radius 3 is 3.00 bits per heavy atom. The van der Waals surface area contributed by atoms with Gasteiger partial charge in [-0.15, -0.1) is 11.3 Å². The number of thiophene rings is 1. The quantitative estimate of drug-likeness (QED) is 0.781. The Bertz CT molecular complexity index is 504. The van der Waals surface area contributed by atoms with Crippen molar-refractivity contribution in [1.82, 2.24) is 5.32 Å². The second-order valence-corrected chi connectivity index (χ2v) is 5.95. The number of hydrogen-bond donors (Lipinski definition) is 1. The smallest absolute Gasteiger partial charge is 0.0359 e. The maximum atomic E-state index is 3.54. The van der Waals surface area contributed by atoms with Gasteiger partial charge >= 0.3 is 0 Å². The molecule has 15 heavy (non-hydrogen) atoms. The van der Waals surface area contributed by atoms with E-state index in [2.05, 4.69) is 39.4 Å². The van der Waals surface area contributed by atoms with E-state index >= 15 is 0 Å². The minimum atomic E-state index is 1.12. The average molecular weight is 282 g/mol. The lowest BCUT2D eigenvalue weighted by atomic mass is 10.1. The van der Waals surface area contributed by atoms with Crippen LogP contribution in [0.3, 0.4) is 0 Å². The molecule has 0 amide bonds. The summed E-state index contributed by atoms with van der Waals surface area (Å²) in [5.74, 6) is 0. The Kier molecular flexibility index (Phi) is 2.54. The van der Waals surface area contributed by atoms with E-state index in [0.717, 1.165) is 13.1 Å². The molecule has 1 aliphatic heterocycles. The highest BCUT2D eigenvalue weighted by Gasteiger charge is 2.14. The van der Waals surface area contributed by atoms with Gasteiger partial charge in [0.15, 0.2) is 0 Å². The lowest BCUT2D eigenvalue weighted by molar-refractivity contribution is 0.712. The van der Waals surface area contributed by atoms with Crippen LogP contribution in [0.2, 0.25) is 0 Å². The summed E-state index contributed by atoms with van der Waals surface area (Å²) in [6, 6.07) is 6.63. The molecule has 0 fully saturated rings. The number of halogens is 1. The highest BCUT2D eigenvalue weighted by molar-refractivity contribution is 9.10. The highest BCUT2D eigenvalue weighted by atomic mass is 79.9. The molecule has 0 unspecified atom stereocenters. The van der Waals surface area contributed by atoms with Crippen LogP contribution in [0.1, 0.15) is 10.4 Å². The molecule has 0 aliphatic carbocycles. The van der Waals surface area contributed by atoms with Gasteiger partial charge in [-0.3, -0.25) is 0 Å². The molecule has 3 heteroatoms. The molecule has 1 N–H and O–H groups in total. The summed E-state index contributed by atoms with van der Waals surface area (Å²) in [4.78, 5) is 1.58. The molecule has 1 aliphatic rings. The van der Waals surface area contributed by atoms with Gasteiger partial charge in [0.1, 0.15) is 0 Å². The molecule has 0 radical (unpaired) electrons. The fraction of sp³-hybridized carbons (Fsp3) is 0.333. The fourth-order valence-corrected chi connectivity index (χ4v) is 4.00. The standard InChI is InChI=1S/C12H12BrNS/c13-8-1-2-9-10-3-5-14-6-4-11(10)15-12(9)7-8/h1-2,7,14H,3-6H2. The van der Waals surface area contributed by atoms with Crippen molar-refractivity contribution in [3.8, 4) is 0 Å². The van der Waals surface area contributed by atoms with Crippen LogP contribution in [0.5, 0.6) is 0 Å². The molecular formula is C12H12BrNS. The number of hydrogen-bond acceptors (Lipinski definition) is 2. The fourth-order valence-electron chi connectivity index (χ4n) is 2.19. The van der Waals surface area contributed by atoms with Gasteiger partial charge in [0.05, 0.1) is 0 Å². The SMILES string of the molecule is Brc1ccc2c3c(sc2c1)CCNCC3. The van der Waals surface area contributed by atoms with E-state index in [0.29, 0.717) is 0 Å². The van der Waals surface area contributed by atoms with E-state index in [4.69, 9.17) is 0 Å². The molecule has 0 atom stereocenters. The van der Waals surface area contributed by atoms with Crippen LogP contribution in [0.4, 0.5) is 0 Å². The minimum Gasteiger partial charge on any atom is -0.316 e. The summed E-state index contributed by atoms with van der Waals surface area (Å²) in [5.41, 5.74) is 1.58. The maximum Gasteiger partial charge on any atom is 0.0359 e. The molecule has 0 saturated heterocycles. The number of benzene rings is 1. The Morgan fingerprint density at radius 2 is 2.07 bits per heavy atom. The Morgan fingerprint density at radius 1 is 1.20 bits per heavy atom. The van der Waals surface area contributed by atoms with Crippen molar-refractivity contribution in [1.29, 1.82) is 0 Å². The lowest BCUT2D eigenvalue weighted by Crippen LogP contribution is -2.16. The molecule has 2 heterocycles. The zero-order valence-corrected chi connectivity index (χ0v) is 10.7. The number of nitrogens with one attached hydrogen (secondary N) is 1. The molecule has 3 rings (SSSR count). The van der Waals surface area contributed by atoms with Gasteiger partial charge in [-0.1, -0.05) is 22.0 Å². The molecule has 1 aromatic heterocycles. The molecule has 2 aromatic rings. The largest absolute Gasteiger partial charge is 0.316 e. The second-order valence-electron chi connectivity index (χ2n) is 3.89. The number of fused-ring (bicyclic) bond motifs is 3. The van der Waals surface area contributed by atoms with Gasteiger partial charge in [-0.05, 0) is 49.0 Å². The Balaban J connectivity index is 2.23. The third kappa shape index (κ3) is 1.73. The van der Waals surface area contributed by atoms with Crippen molar-refractivity contribution in [3.05, 3.63) is 33.1 Å². The van der Waals surface area contributed by atoms with Crippen LogP contribution in [0.25, 0.3) is 10.1 Å². The van der Waals surface area contributed by atoms with Gasteiger partial charge < -0.3 is 5.32 Å². The summed E-state index contributed by atoms with van der Waals surface area (Å²) >= 11 is 5.49. The van der Waals surface area contributed by atoms with Gasteiger partial charge in [0.25, 0.3) is 0 Å². The van der Waals surface area contributed by atoms with Crippen LogP contribution in [0, 0.1) is 0 Å². The first kappa shape index (κ1) is 9.82. The first-order chi connectivity index (χ1) is 7.34. The molecular weight excluding hydrogens is 270 g/mol. The van der Waals surface area contributed by atoms with Crippen LogP contribution in [0.15, 0.2) is 22.7 Å². The average Bonchev–Trinajstić information content (AvgIpc) is 2.42. The Hall–Kier alpha value is -0.380. The molecule has 1 nitrogen and oxygen atoms in total. The molecule has 0 saturated carbocycles. The van der Waals surface area contributed by atoms with Crippen molar-refractivity contribution < 1.29 is 0 Å². The van der Waals surface area contributed by atoms with E-state index in [1.807, 2.05) is 11.3 Å². The third-order valence-electron chi connectivity index (χ3n) is 2.92. The third-order valence-corrected chi connectivity index (χ3v) is 4.67. The summed E-state index contributed by atoms with van der Waals surface area (Å²) in [5, 5.41) is 4.91. The van der Waals surface area contributed by atoms with Crippen molar-refractivity contribution in [3.63, 3.8) is 0 Å². The van der Waals surface area contributed by atoms with Crippen LogP contribution < -0.4 is 5.32 Å². The minimum absolute atomic E-state index is 1.12. The first-order valence-corrected chi connectivity index (χ1v) is 6.86. The van der Waals surface area contributed by atoms with Crippen LogP contribution in [-0.2, 0) is 12.8 Å². The van der Waals surface area contributed by atoms with E-state index in [9.17, 15) is 0 Å². The summed E-state index contributed by atoms with van der Waals surface area (Å²) in [6.45, 7) is 2.25. The predicted octanol–water partition coefficient (Wildman–Crippen LogP) is 3.35. The van der Waals surface area contributed by atoms with Gasteiger partial charge in [-0.2, -0.15) is 0 Å². The second kappa shape index (κ2) is 3.89. The molecule has 1 aromatic carbocycles. The topological polar surface area (TPSA) is 12.0 Å². The molecule has 0 spiro atoms. The predicted molar refractivity (Wildman–Crippen MR) is 69.8 cm³/mol. The van der Waals surface area contributed by atoms with Crippen LogP contribution >= 0.6 is 27.3 Å². The van der Waals surface area contributed by atoms with Crippen molar-refractivity contribution in [2.45, 2.75) is 12.8 Å². The van der Waals surface area contributed by atoms with Crippen molar-refractivity contribution >= 4 is 37.4 Å². The van der Waals surface area contributed by atoms with E-state index in [1.54, 1.807) is 10.4 Å². The molecule has 0 bridgehead atoms.